The largest absolute Gasteiger partial charge is 0.298 e. The highest BCUT2D eigenvalue weighted by Gasteiger charge is 2.12. The summed E-state index contributed by atoms with van der Waals surface area (Å²) in [5.74, 6) is 0.964. The van der Waals surface area contributed by atoms with Gasteiger partial charge in [-0.15, -0.1) is 0 Å². The maximum Gasteiger partial charge on any atom is 0.145 e. The van der Waals surface area contributed by atoms with Gasteiger partial charge >= 0.3 is 0 Å². The van der Waals surface area contributed by atoms with Crippen LogP contribution in [0.15, 0.2) is 29.3 Å². The minimum Gasteiger partial charge on any atom is -0.298 e. The van der Waals surface area contributed by atoms with Gasteiger partial charge < -0.3 is 0 Å². The van der Waals surface area contributed by atoms with Gasteiger partial charge in [0.15, 0.2) is 0 Å². The Labute approximate surface area is 125 Å². The van der Waals surface area contributed by atoms with Crippen LogP contribution in [0, 0.1) is 19.8 Å². The molecule has 0 aliphatic carbocycles. The van der Waals surface area contributed by atoms with Gasteiger partial charge in [-0.1, -0.05) is 43.8 Å². The fourth-order valence-electron chi connectivity index (χ4n) is 2.12. The molecule has 1 atom stereocenters. The number of benzene rings is 1. The van der Waals surface area contributed by atoms with E-state index in [1.54, 1.807) is 11.8 Å². The van der Waals surface area contributed by atoms with E-state index in [0.717, 1.165) is 17.0 Å². The maximum atomic E-state index is 11.9. The molecule has 0 bridgehead atoms. The molecule has 0 saturated carbocycles. The molecule has 3 heteroatoms. The second kappa shape index (κ2) is 6.40. The van der Waals surface area contributed by atoms with Crippen LogP contribution in [0.3, 0.4) is 0 Å². The molecule has 0 radical (unpaired) electrons. The molecular formula is C17H21NOS. The number of hydrogen-bond donors (Lipinski definition) is 0. The van der Waals surface area contributed by atoms with E-state index < -0.39 is 0 Å². The zero-order chi connectivity index (χ0) is 14.7. The van der Waals surface area contributed by atoms with Crippen molar-refractivity contribution in [3.8, 4) is 0 Å². The SMILES string of the molecule is CCC(C)C(=O)CSc1cc(C)c2cccc(C)c2n1. The van der Waals surface area contributed by atoms with Crippen LogP contribution in [0.25, 0.3) is 10.9 Å². The van der Waals surface area contributed by atoms with E-state index in [1.807, 2.05) is 6.92 Å². The summed E-state index contributed by atoms with van der Waals surface area (Å²) in [4.78, 5) is 16.6. The third-order valence-corrected chi connectivity index (χ3v) is 4.68. The molecular weight excluding hydrogens is 266 g/mol. The second-order valence-electron chi connectivity index (χ2n) is 5.31. The van der Waals surface area contributed by atoms with Gasteiger partial charge in [-0.2, -0.15) is 0 Å². The van der Waals surface area contributed by atoms with Crippen molar-refractivity contribution in [2.75, 3.05) is 5.75 Å². The Kier molecular flexibility index (Phi) is 4.81. The van der Waals surface area contributed by atoms with Crippen LogP contribution in [0.5, 0.6) is 0 Å². The van der Waals surface area contributed by atoms with Gasteiger partial charge in [0.25, 0.3) is 0 Å². The van der Waals surface area contributed by atoms with Crippen LogP contribution >= 0.6 is 11.8 Å². The Morgan fingerprint density at radius 1 is 1.30 bits per heavy atom. The fraction of sp³-hybridized carbons (Fsp3) is 0.412. The van der Waals surface area contributed by atoms with Crippen LogP contribution < -0.4 is 0 Å². The first-order chi connectivity index (χ1) is 9.52. The monoisotopic (exact) mass is 287 g/mol. The van der Waals surface area contributed by atoms with Crippen LogP contribution in [0.2, 0.25) is 0 Å². The number of pyridine rings is 1. The van der Waals surface area contributed by atoms with Crippen molar-refractivity contribution >= 4 is 28.4 Å². The molecule has 2 aromatic rings. The molecule has 2 rings (SSSR count). The molecule has 20 heavy (non-hydrogen) atoms. The van der Waals surface area contributed by atoms with Gasteiger partial charge in [0.1, 0.15) is 5.78 Å². The average Bonchev–Trinajstić information content (AvgIpc) is 2.45. The number of ketones is 1. The lowest BCUT2D eigenvalue weighted by atomic mass is 10.1. The number of aryl methyl sites for hydroxylation is 2. The van der Waals surface area contributed by atoms with Crippen LogP contribution in [0.1, 0.15) is 31.4 Å². The van der Waals surface area contributed by atoms with Gasteiger partial charge in [-0.25, -0.2) is 4.98 Å². The minimum absolute atomic E-state index is 0.144. The van der Waals surface area contributed by atoms with E-state index in [-0.39, 0.29) is 5.92 Å². The zero-order valence-corrected chi connectivity index (χ0v) is 13.4. The van der Waals surface area contributed by atoms with Gasteiger partial charge in [-0.3, -0.25) is 4.79 Å². The fourth-order valence-corrected chi connectivity index (χ4v) is 3.11. The summed E-state index contributed by atoms with van der Waals surface area (Å²) in [5.41, 5.74) is 3.45. The van der Waals surface area contributed by atoms with E-state index in [2.05, 4.69) is 45.0 Å². The Hall–Kier alpha value is -1.35. The highest BCUT2D eigenvalue weighted by molar-refractivity contribution is 7.99. The number of para-hydroxylation sites is 1. The summed E-state index contributed by atoms with van der Waals surface area (Å²) >= 11 is 1.55. The quantitative estimate of drug-likeness (QED) is 0.755. The summed E-state index contributed by atoms with van der Waals surface area (Å²) < 4.78 is 0. The lowest BCUT2D eigenvalue weighted by molar-refractivity contribution is -0.119. The normalized spacial score (nSPS) is 12.6. The summed E-state index contributed by atoms with van der Waals surface area (Å²) in [7, 11) is 0. The van der Waals surface area contributed by atoms with E-state index >= 15 is 0 Å². The number of nitrogens with zero attached hydrogens (tertiary/aromatic N) is 1. The first kappa shape index (κ1) is 15.0. The number of aromatic nitrogens is 1. The Morgan fingerprint density at radius 3 is 2.75 bits per heavy atom. The Morgan fingerprint density at radius 2 is 2.05 bits per heavy atom. The maximum absolute atomic E-state index is 11.9. The minimum atomic E-state index is 0.144. The first-order valence-electron chi connectivity index (χ1n) is 7.05. The Balaban J connectivity index is 2.24. The van der Waals surface area contributed by atoms with E-state index in [4.69, 9.17) is 4.98 Å². The molecule has 0 aliphatic heterocycles. The Bertz CT molecular complexity index is 636. The van der Waals surface area contributed by atoms with E-state index in [0.29, 0.717) is 11.5 Å². The van der Waals surface area contributed by atoms with Crippen molar-refractivity contribution in [1.82, 2.24) is 4.98 Å². The zero-order valence-electron chi connectivity index (χ0n) is 12.6. The van der Waals surface area contributed by atoms with Crippen LogP contribution in [0.4, 0.5) is 0 Å². The second-order valence-corrected chi connectivity index (χ2v) is 6.31. The molecule has 0 amide bonds. The summed E-state index contributed by atoms with van der Waals surface area (Å²) in [6, 6.07) is 8.32. The molecule has 0 fully saturated rings. The number of hydrogen-bond acceptors (Lipinski definition) is 3. The molecule has 1 heterocycles. The van der Waals surface area contributed by atoms with Crippen LogP contribution in [-0.2, 0) is 4.79 Å². The lowest BCUT2D eigenvalue weighted by Gasteiger charge is -2.09. The molecule has 0 N–H and O–H groups in total. The standard InChI is InChI=1S/C17H21NOS/c1-5-11(2)15(19)10-20-16-9-13(4)14-8-6-7-12(3)17(14)18-16/h6-9,11H,5,10H2,1-4H3. The van der Waals surface area contributed by atoms with Gasteiger partial charge in [0.2, 0.25) is 0 Å². The molecule has 1 aromatic heterocycles. The molecule has 2 nitrogen and oxygen atoms in total. The van der Waals surface area contributed by atoms with E-state index in [9.17, 15) is 4.79 Å². The number of fused-ring (bicyclic) bond motifs is 1. The average molecular weight is 287 g/mol. The van der Waals surface area contributed by atoms with Crippen molar-refractivity contribution in [2.24, 2.45) is 5.92 Å². The molecule has 0 spiro atoms. The van der Waals surface area contributed by atoms with Gasteiger partial charge in [0.05, 0.1) is 16.3 Å². The summed E-state index contributed by atoms with van der Waals surface area (Å²) in [6.45, 7) is 8.22. The van der Waals surface area contributed by atoms with Gasteiger partial charge in [0, 0.05) is 11.3 Å². The number of Topliss-reactive ketones (excluding diaryl/α,β-unsaturated/α-hetero) is 1. The highest BCUT2D eigenvalue weighted by Crippen LogP contribution is 2.26. The summed E-state index contributed by atoms with van der Waals surface area (Å²) in [6.07, 6.45) is 0.905. The number of carbonyl (C=O) groups is 1. The molecule has 106 valence electrons. The molecule has 0 saturated heterocycles. The predicted octanol–water partition coefficient (Wildman–Crippen LogP) is 4.56. The predicted molar refractivity (Wildman–Crippen MR) is 86.4 cm³/mol. The number of rotatable bonds is 5. The van der Waals surface area contributed by atoms with Crippen molar-refractivity contribution in [1.29, 1.82) is 0 Å². The van der Waals surface area contributed by atoms with Crippen molar-refractivity contribution in [2.45, 2.75) is 39.1 Å². The first-order valence-corrected chi connectivity index (χ1v) is 8.04. The lowest BCUT2D eigenvalue weighted by Crippen LogP contribution is -2.12. The van der Waals surface area contributed by atoms with Gasteiger partial charge in [-0.05, 0) is 37.5 Å². The van der Waals surface area contributed by atoms with Crippen molar-refractivity contribution in [3.63, 3.8) is 0 Å². The van der Waals surface area contributed by atoms with Crippen molar-refractivity contribution in [3.05, 3.63) is 35.4 Å². The summed E-state index contributed by atoms with van der Waals surface area (Å²) in [5, 5.41) is 2.14. The van der Waals surface area contributed by atoms with E-state index in [1.165, 1.54) is 16.5 Å². The number of carbonyl (C=O) groups excluding carboxylic acids is 1. The number of thioether (sulfide) groups is 1. The van der Waals surface area contributed by atoms with Crippen molar-refractivity contribution < 1.29 is 4.79 Å². The third kappa shape index (κ3) is 3.21. The third-order valence-electron chi connectivity index (χ3n) is 3.75. The molecule has 0 aliphatic rings. The molecule has 1 unspecified atom stereocenters. The van der Waals surface area contributed by atoms with Crippen LogP contribution in [-0.4, -0.2) is 16.5 Å². The topological polar surface area (TPSA) is 30.0 Å². The smallest absolute Gasteiger partial charge is 0.145 e. The highest BCUT2D eigenvalue weighted by atomic mass is 32.2. The molecule has 1 aromatic carbocycles.